The fourth-order valence-electron chi connectivity index (χ4n) is 3.89. The second-order valence-electron chi connectivity index (χ2n) is 8.10. The van der Waals surface area contributed by atoms with E-state index in [1.54, 1.807) is 11.3 Å². The van der Waals surface area contributed by atoms with E-state index in [9.17, 15) is 9.59 Å². The van der Waals surface area contributed by atoms with Crippen LogP contribution in [0.15, 0.2) is 66.0 Å². The quantitative estimate of drug-likeness (QED) is 0.553. The van der Waals surface area contributed by atoms with Crippen LogP contribution in [0, 0.1) is 0 Å². The van der Waals surface area contributed by atoms with Crippen LogP contribution in [0.4, 0.5) is 5.69 Å². The molecule has 3 aromatic rings. The molecule has 7 heteroatoms. The molecule has 0 aliphatic carbocycles. The van der Waals surface area contributed by atoms with Crippen molar-refractivity contribution in [1.29, 1.82) is 0 Å². The number of aromatic nitrogens is 1. The third-order valence-corrected chi connectivity index (χ3v) is 6.41. The zero-order chi connectivity index (χ0) is 22.2. The van der Waals surface area contributed by atoms with Crippen LogP contribution in [-0.2, 0) is 22.4 Å². The van der Waals surface area contributed by atoms with Crippen LogP contribution in [0.2, 0.25) is 0 Å². The molecule has 2 N–H and O–H groups in total. The summed E-state index contributed by atoms with van der Waals surface area (Å²) < 4.78 is 0. The van der Waals surface area contributed by atoms with Crippen LogP contribution >= 0.6 is 11.3 Å². The van der Waals surface area contributed by atoms with Crippen molar-refractivity contribution in [3.05, 3.63) is 82.3 Å². The van der Waals surface area contributed by atoms with Crippen LogP contribution in [-0.4, -0.2) is 47.4 Å². The highest BCUT2D eigenvalue weighted by atomic mass is 32.1. The van der Waals surface area contributed by atoms with Gasteiger partial charge in [-0.2, -0.15) is 0 Å². The molecule has 2 amide bonds. The van der Waals surface area contributed by atoms with Crippen molar-refractivity contribution in [2.45, 2.75) is 31.7 Å². The Labute approximate surface area is 192 Å². The summed E-state index contributed by atoms with van der Waals surface area (Å²) in [5.41, 5.74) is 2.86. The van der Waals surface area contributed by atoms with Gasteiger partial charge in [-0.25, -0.2) is 4.98 Å². The van der Waals surface area contributed by atoms with Gasteiger partial charge in [0.05, 0.1) is 23.7 Å². The number of nitrogens with one attached hydrogen (secondary N) is 2. The van der Waals surface area contributed by atoms with Crippen LogP contribution in [0.5, 0.6) is 0 Å². The van der Waals surface area contributed by atoms with E-state index in [1.807, 2.05) is 53.9 Å². The number of likely N-dealkylation sites (tertiary alicyclic amines) is 1. The average Bonchev–Trinajstić information content (AvgIpc) is 3.23. The van der Waals surface area contributed by atoms with Crippen molar-refractivity contribution in [2.24, 2.45) is 0 Å². The highest BCUT2D eigenvalue weighted by Gasteiger charge is 2.22. The van der Waals surface area contributed by atoms with Crippen LogP contribution in [0.25, 0.3) is 0 Å². The minimum absolute atomic E-state index is 0.00600. The first-order chi connectivity index (χ1) is 15.6. The minimum atomic E-state index is -0.00600. The molecule has 1 aliphatic rings. The molecule has 1 aliphatic heterocycles. The number of anilines is 1. The lowest BCUT2D eigenvalue weighted by Gasteiger charge is -2.31. The van der Waals surface area contributed by atoms with Gasteiger partial charge in [-0.05, 0) is 30.5 Å². The van der Waals surface area contributed by atoms with Crippen LogP contribution in [0.3, 0.4) is 0 Å². The maximum Gasteiger partial charge on any atom is 0.238 e. The molecule has 0 radical (unpaired) electrons. The van der Waals surface area contributed by atoms with E-state index in [0.29, 0.717) is 13.0 Å². The highest BCUT2D eigenvalue weighted by molar-refractivity contribution is 7.09. The Balaban J connectivity index is 1.17. The molecule has 1 saturated heterocycles. The molecular weight excluding hydrogens is 420 g/mol. The smallest absolute Gasteiger partial charge is 0.238 e. The van der Waals surface area contributed by atoms with Crippen LogP contribution in [0.1, 0.15) is 29.1 Å². The van der Waals surface area contributed by atoms with Gasteiger partial charge >= 0.3 is 0 Å². The van der Waals surface area contributed by atoms with E-state index in [0.717, 1.165) is 48.7 Å². The van der Waals surface area contributed by atoms with Gasteiger partial charge in [0.1, 0.15) is 0 Å². The van der Waals surface area contributed by atoms with E-state index >= 15 is 0 Å². The largest absolute Gasteiger partial charge is 0.353 e. The molecule has 0 unspecified atom stereocenters. The Hall–Kier alpha value is -3.03. The number of rotatable bonds is 8. The molecule has 166 valence electrons. The monoisotopic (exact) mass is 448 g/mol. The van der Waals surface area contributed by atoms with Crippen molar-refractivity contribution in [2.75, 3.05) is 25.0 Å². The average molecular weight is 449 g/mol. The molecule has 2 aromatic carbocycles. The topological polar surface area (TPSA) is 74.3 Å². The number of amides is 2. The van der Waals surface area contributed by atoms with Crippen molar-refractivity contribution < 1.29 is 9.59 Å². The molecule has 0 saturated carbocycles. The number of para-hydroxylation sites is 1. The first kappa shape index (κ1) is 22.2. The van der Waals surface area contributed by atoms with E-state index in [-0.39, 0.29) is 17.9 Å². The van der Waals surface area contributed by atoms with Crippen molar-refractivity contribution >= 4 is 28.8 Å². The maximum atomic E-state index is 12.5. The van der Waals surface area contributed by atoms with Gasteiger partial charge in [0.2, 0.25) is 11.8 Å². The normalized spacial score (nSPS) is 14.8. The Kier molecular flexibility index (Phi) is 7.64. The standard InChI is InChI=1S/C25H28N4O2S/c30-23(16-22-18-32-25(28-22)15-19-7-3-1-4-8-19)26-21-11-13-29(14-12-21)17-24(31)27-20-9-5-2-6-10-20/h1-10,18,21H,11-17H2,(H,26,30)(H,27,31). The lowest BCUT2D eigenvalue weighted by Crippen LogP contribution is -2.46. The predicted octanol–water partition coefficient (Wildman–Crippen LogP) is 3.50. The summed E-state index contributed by atoms with van der Waals surface area (Å²) in [7, 11) is 0. The highest BCUT2D eigenvalue weighted by Crippen LogP contribution is 2.16. The van der Waals surface area contributed by atoms with Gasteiger partial charge in [0.25, 0.3) is 0 Å². The molecular formula is C25H28N4O2S. The molecule has 2 heterocycles. The lowest BCUT2D eigenvalue weighted by atomic mass is 10.0. The predicted molar refractivity (Wildman–Crippen MR) is 128 cm³/mol. The SMILES string of the molecule is O=C(CN1CCC(NC(=O)Cc2csc(Cc3ccccc3)n2)CC1)Nc1ccccc1. The number of piperidine rings is 1. The van der Waals surface area contributed by atoms with Gasteiger partial charge in [0, 0.05) is 36.6 Å². The van der Waals surface area contributed by atoms with E-state index in [1.165, 1.54) is 5.56 Å². The Morgan fingerprint density at radius 2 is 1.66 bits per heavy atom. The maximum absolute atomic E-state index is 12.5. The molecule has 0 spiro atoms. The van der Waals surface area contributed by atoms with Crippen molar-refractivity contribution in [1.82, 2.24) is 15.2 Å². The van der Waals surface area contributed by atoms with Gasteiger partial charge < -0.3 is 10.6 Å². The summed E-state index contributed by atoms with van der Waals surface area (Å²) in [5, 5.41) is 9.07. The number of hydrogen-bond donors (Lipinski definition) is 2. The second kappa shape index (κ2) is 11.0. The summed E-state index contributed by atoms with van der Waals surface area (Å²) in [6.07, 6.45) is 2.80. The van der Waals surface area contributed by atoms with Gasteiger partial charge in [-0.15, -0.1) is 11.3 Å². The summed E-state index contributed by atoms with van der Waals surface area (Å²) in [4.78, 5) is 31.5. The minimum Gasteiger partial charge on any atom is -0.353 e. The molecule has 1 aromatic heterocycles. The number of carbonyl (C=O) groups is 2. The summed E-state index contributed by atoms with van der Waals surface area (Å²) in [6, 6.07) is 19.9. The van der Waals surface area contributed by atoms with Crippen molar-refractivity contribution in [3.63, 3.8) is 0 Å². The van der Waals surface area contributed by atoms with E-state index in [4.69, 9.17) is 0 Å². The Morgan fingerprint density at radius 3 is 2.38 bits per heavy atom. The van der Waals surface area contributed by atoms with Crippen molar-refractivity contribution in [3.8, 4) is 0 Å². The van der Waals surface area contributed by atoms with Gasteiger partial charge in [-0.1, -0.05) is 48.5 Å². The number of nitrogens with zero attached hydrogens (tertiary/aromatic N) is 2. The molecule has 1 fully saturated rings. The molecule has 0 atom stereocenters. The fraction of sp³-hybridized carbons (Fsp3) is 0.320. The van der Waals surface area contributed by atoms with Gasteiger partial charge in [-0.3, -0.25) is 14.5 Å². The number of benzene rings is 2. The first-order valence-electron chi connectivity index (χ1n) is 11.0. The summed E-state index contributed by atoms with van der Waals surface area (Å²) in [6.45, 7) is 1.97. The first-order valence-corrected chi connectivity index (χ1v) is 11.9. The fourth-order valence-corrected chi connectivity index (χ4v) is 4.71. The molecule has 0 bridgehead atoms. The third-order valence-electron chi connectivity index (χ3n) is 5.52. The van der Waals surface area contributed by atoms with E-state index < -0.39 is 0 Å². The van der Waals surface area contributed by atoms with Gasteiger partial charge in [0.15, 0.2) is 0 Å². The molecule has 6 nitrogen and oxygen atoms in total. The molecule has 4 rings (SSSR count). The Bertz CT molecular complexity index is 1010. The van der Waals surface area contributed by atoms with Crippen LogP contribution < -0.4 is 10.6 Å². The Morgan fingerprint density at radius 1 is 0.969 bits per heavy atom. The number of thiazole rings is 1. The molecule has 32 heavy (non-hydrogen) atoms. The summed E-state index contributed by atoms with van der Waals surface area (Å²) in [5.74, 6) is 0.00959. The summed E-state index contributed by atoms with van der Waals surface area (Å²) >= 11 is 1.60. The number of hydrogen-bond acceptors (Lipinski definition) is 5. The van der Waals surface area contributed by atoms with E-state index in [2.05, 4.69) is 32.7 Å². The third kappa shape index (κ3) is 6.73. The zero-order valence-electron chi connectivity index (χ0n) is 18.0. The number of carbonyl (C=O) groups excluding carboxylic acids is 2. The zero-order valence-corrected chi connectivity index (χ0v) is 18.8. The lowest BCUT2D eigenvalue weighted by molar-refractivity contribution is -0.122. The second-order valence-corrected chi connectivity index (χ2v) is 9.05.